The lowest BCUT2D eigenvalue weighted by Gasteiger charge is -2.41. The molecule has 2 aliphatic carbocycles. The van der Waals surface area contributed by atoms with Gasteiger partial charge in [-0.15, -0.1) is 0 Å². The van der Waals surface area contributed by atoms with E-state index in [1.807, 2.05) is 23.1 Å². The second-order valence-electron chi connectivity index (χ2n) is 9.48. The topological polar surface area (TPSA) is 75.3 Å². The van der Waals surface area contributed by atoms with Crippen molar-refractivity contribution in [3.05, 3.63) is 57.3 Å². The predicted molar refractivity (Wildman–Crippen MR) is 112 cm³/mol. The molecule has 1 saturated heterocycles. The van der Waals surface area contributed by atoms with Crippen molar-refractivity contribution in [2.45, 2.75) is 56.3 Å². The summed E-state index contributed by atoms with van der Waals surface area (Å²) in [6.07, 6.45) is 6.60. The first-order valence-corrected chi connectivity index (χ1v) is 11.3. The molecule has 6 nitrogen and oxygen atoms in total. The Morgan fingerprint density at radius 3 is 2.77 bits per heavy atom. The van der Waals surface area contributed by atoms with Crippen molar-refractivity contribution < 1.29 is 9.53 Å². The number of hydrogen-bond acceptors (Lipinski definition) is 4. The third kappa shape index (κ3) is 2.88. The summed E-state index contributed by atoms with van der Waals surface area (Å²) in [6.45, 7) is 1.94. The van der Waals surface area contributed by atoms with Gasteiger partial charge in [0.05, 0.1) is 11.6 Å². The Balaban J connectivity index is 1.18. The van der Waals surface area contributed by atoms with E-state index in [-0.39, 0.29) is 22.8 Å². The van der Waals surface area contributed by atoms with Crippen LogP contribution in [-0.4, -0.2) is 40.5 Å². The van der Waals surface area contributed by atoms with Crippen LogP contribution in [0.25, 0.3) is 0 Å². The van der Waals surface area contributed by atoms with Crippen LogP contribution < -0.4 is 10.3 Å². The van der Waals surface area contributed by atoms with Crippen LogP contribution in [0.2, 0.25) is 0 Å². The molecule has 1 amide bonds. The SMILES string of the molecule is O=C(C1COc2ccccc2C1)N1CCC2(CCc3c2nc(C2CC2)[nH]c3=O)CC1. The normalized spacial score (nSPS) is 24.3. The molecule has 1 aromatic carbocycles. The first-order valence-electron chi connectivity index (χ1n) is 11.3. The maximum atomic E-state index is 13.2. The van der Waals surface area contributed by atoms with Crippen LogP contribution in [-0.2, 0) is 23.1 Å². The molecule has 1 spiro atoms. The van der Waals surface area contributed by atoms with Gasteiger partial charge in [-0.05, 0) is 56.6 Å². The fraction of sp³-hybridized carbons (Fsp3) is 0.542. The van der Waals surface area contributed by atoms with E-state index in [9.17, 15) is 9.59 Å². The first-order chi connectivity index (χ1) is 14.6. The quantitative estimate of drug-likeness (QED) is 0.834. The smallest absolute Gasteiger partial charge is 0.254 e. The number of nitrogens with zero attached hydrogens (tertiary/aromatic N) is 2. The van der Waals surface area contributed by atoms with Gasteiger partial charge in [0.2, 0.25) is 5.91 Å². The molecule has 4 aliphatic rings. The van der Waals surface area contributed by atoms with Crippen LogP contribution in [0.5, 0.6) is 5.75 Å². The number of aromatic amines is 1. The van der Waals surface area contributed by atoms with Crippen molar-refractivity contribution in [1.82, 2.24) is 14.9 Å². The molecule has 6 rings (SSSR count). The number of ether oxygens (including phenoxy) is 1. The lowest BCUT2D eigenvalue weighted by Crippen LogP contribution is -2.48. The van der Waals surface area contributed by atoms with Gasteiger partial charge in [0.15, 0.2) is 0 Å². The van der Waals surface area contributed by atoms with Gasteiger partial charge in [-0.1, -0.05) is 18.2 Å². The van der Waals surface area contributed by atoms with Crippen LogP contribution in [0.3, 0.4) is 0 Å². The number of hydrogen-bond donors (Lipinski definition) is 1. The van der Waals surface area contributed by atoms with E-state index in [0.717, 1.165) is 86.4 Å². The summed E-state index contributed by atoms with van der Waals surface area (Å²) in [5.41, 5.74) is 3.08. The van der Waals surface area contributed by atoms with Gasteiger partial charge in [-0.25, -0.2) is 4.98 Å². The van der Waals surface area contributed by atoms with Gasteiger partial charge in [0.1, 0.15) is 18.2 Å². The molecule has 2 aromatic rings. The zero-order valence-electron chi connectivity index (χ0n) is 17.2. The number of carbonyl (C=O) groups is 1. The number of H-pyrrole nitrogens is 1. The van der Waals surface area contributed by atoms with Gasteiger partial charge in [-0.2, -0.15) is 0 Å². The van der Waals surface area contributed by atoms with Crippen LogP contribution >= 0.6 is 0 Å². The Morgan fingerprint density at radius 1 is 1.17 bits per heavy atom. The summed E-state index contributed by atoms with van der Waals surface area (Å²) in [4.78, 5) is 35.8. The largest absolute Gasteiger partial charge is 0.492 e. The molecule has 0 radical (unpaired) electrons. The molecule has 1 unspecified atom stereocenters. The number of nitrogens with one attached hydrogen (secondary N) is 1. The maximum absolute atomic E-state index is 13.2. The molecular weight excluding hydrogens is 378 g/mol. The first kappa shape index (κ1) is 18.2. The van der Waals surface area contributed by atoms with E-state index in [2.05, 4.69) is 11.1 Å². The molecule has 0 bridgehead atoms. The van der Waals surface area contributed by atoms with E-state index in [4.69, 9.17) is 9.72 Å². The number of carbonyl (C=O) groups excluding carboxylic acids is 1. The molecule has 3 heterocycles. The summed E-state index contributed by atoms with van der Waals surface area (Å²) in [7, 11) is 0. The van der Waals surface area contributed by atoms with E-state index < -0.39 is 0 Å². The zero-order valence-corrected chi connectivity index (χ0v) is 17.2. The average Bonchev–Trinajstić information content (AvgIpc) is 3.58. The Morgan fingerprint density at radius 2 is 1.97 bits per heavy atom. The predicted octanol–water partition coefficient (Wildman–Crippen LogP) is 2.71. The maximum Gasteiger partial charge on any atom is 0.254 e. The lowest BCUT2D eigenvalue weighted by molar-refractivity contribution is -0.138. The van der Waals surface area contributed by atoms with Crippen molar-refractivity contribution in [2.75, 3.05) is 19.7 Å². The number of piperidine rings is 1. The Labute approximate surface area is 175 Å². The minimum Gasteiger partial charge on any atom is -0.492 e. The highest BCUT2D eigenvalue weighted by atomic mass is 16.5. The lowest BCUT2D eigenvalue weighted by atomic mass is 9.76. The molecule has 2 aliphatic heterocycles. The van der Waals surface area contributed by atoms with E-state index in [0.29, 0.717) is 12.5 Å². The van der Waals surface area contributed by atoms with Gasteiger partial charge < -0.3 is 14.6 Å². The Bertz CT molecular complexity index is 1060. The fourth-order valence-electron chi connectivity index (χ4n) is 5.61. The molecule has 30 heavy (non-hydrogen) atoms. The summed E-state index contributed by atoms with van der Waals surface area (Å²) in [5, 5.41) is 0. The summed E-state index contributed by atoms with van der Waals surface area (Å²) >= 11 is 0. The number of amides is 1. The third-order valence-corrected chi connectivity index (χ3v) is 7.61. The molecular formula is C24H27N3O3. The highest BCUT2D eigenvalue weighted by Crippen LogP contribution is 2.46. The second-order valence-corrected chi connectivity index (χ2v) is 9.48. The van der Waals surface area contributed by atoms with Gasteiger partial charge in [0.25, 0.3) is 5.56 Å². The number of para-hydroxylation sites is 1. The van der Waals surface area contributed by atoms with E-state index in [1.165, 1.54) is 0 Å². The molecule has 6 heteroatoms. The average molecular weight is 405 g/mol. The minimum absolute atomic E-state index is 0.0281. The van der Waals surface area contributed by atoms with Crippen molar-refractivity contribution in [3.8, 4) is 5.75 Å². The van der Waals surface area contributed by atoms with Crippen molar-refractivity contribution in [2.24, 2.45) is 5.92 Å². The second kappa shape index (κ2) is 6.69. The number of benzene rings is 1. The fourth-order valence-corrected chi connectivity index (χ4v) is 5.61. The van der Waals surface area contributed by atoms with E-state index in [1.54, 1.807) is 0 Å². The van der Waals surface area contributed by atoms with Crippen molar-refractivity contribution >= 4 is 5.91 Å². The standard InChI is InChI=1S/C24H27N3O3/c28-22-18-7-8-24(20(18)25-21(26-22)15-5-6-15)9-11-27(12-10-24)23(29)17-13-16-3-1-2-4-19(16)30-14-17/h1-4,15,17H,5-14H2,(H,25,26,28). The minimum atomic E-state index is -0.104. The molecule has 1 aromatic heterocycles. The summed E-state index contributed by atoms with van der Waals surface area (Å²) < 4.78 is 5.85. The van der Waals surface area contributed by atoms with Crippen LogP contribution in [0, 0.1) is 5.92 Å². The molecule has 2 fully saturated rings. The highest BCUT2D eigenvalue weighted by molar-refractivity contribution is 5.80. The number of aromatic nitrogens is 2. The molecule has 1 atom stereocenters. The number of fused-ring (bicyclic) bond motifs is 3. The van der Waals surface area contributed by atoms with Crippen LogP contribution in [0.1, 0.15) is 60.7 Å². The van der Waals surface area contributed by atoms with Gasteiger partial charge in [-0.3, -0.25) is 9.59 Å². The number of likely N-dealkylation sites (tertiary alicyclic amines) is 1. The number of rotatable bonds is 2. The Hall–Kier alpha value is -2.63. The van der Waals surface area contributed by atoms with Crippen molar-refractivity contribution in [1.29, 1.82) is 0 Å². The van der Waals surface area contributed by atoms with Gasteiger partial charge >= 0.3 is 0 Å². The van der Waals surface area contributed by atoms with Crippen molar-refractivity contribution in [3.63, 3.8) is 0 Å². The molecule has 1 saturated carbocycles. The highest BCUT2D eigenvalue weighted by Gasteiger charge is 2.46. The monoisotopic (exact) mass is 405 g/mol. The Kier molecular flexibility index (Phi) is 4.05. The zero-order chi connectivity index (χ0) is 20.3. The summed E-state index contributed by atoms with van der Waals surface area (Å²) in [6, 6.07) is 8.00. The summed E-state index contributed by atoms with van der Waals surface area (Å²) in [5.74, 6) is 2.33. The third-order valence-electron chi connectivity index (χ3n) is 7.61. The molecule has 1 N–H and O–H groups in total. The van der Waals surface area contributed by atoms with Crippen LogP contribution in [0.15, 0.2) is 29.1 Å². The van der Waals surface area contributed by atoms with Gasteiger partial charge in [0, 0.05) is 30.0 Å². The van der Waals surface area contributed by atoms with E-state index >= 15 is 0 Å². The molecule has 156 valence electrons. The van der Waals surface area contributed by atoms with Crippen LogP contribution in [0.4, 0.5) is 0 Å².